The van der Waals surface area contributed by atoms with E-state index in [1.165, 1.54) is 36.3 Å². The van der Waals surface area contributed by atoms with Crippen LogP contribution in [0, 0.1) is 0 Å². The van der Waals surface area contributed by atoms with Crippen molar-refractivity contribution < 1.29 is 22.7 Å². The van der Waals surface area contributed by atoms with E-state index in [0.29, 0.717) is 23.5 Å². The zero-order chi connectivity index (χ0) is 21.4. The molecular weight excluding hydrogens is 394 g/mol. The number of methoxy groups -OCH3 is 1. The van der Waals surface area contributed by atoms with Gasteiger partial charge >= 0.3 is 0 Å². The van der Waals surface area contributed by atoms with Crippen LogP contribution < -0.4 is 14.8 Å². The van der Waals surface area contributed by atoms with E-state index in [0.717, 1.165) is 0 Å². The van der Waals surface area contributed by atoms with Gasteiger partial charge in [0.15, 0.2) is 0 Å². The average Bonchev–Trinajstić information content (AvgIpc) is 2.72. The van der Waals surface area contributed by atoms with E-state index in [9.17, 15) is 18.0 Å². The molecule has 0 fully saturated rings. The molecule has 2 amide bonds. The molecule has 0 radical (unpaired) electrons. The summed E-state index contributed by atoms with van der Waals surface area (Å²) in [4.78, 5) is 26.6. The molecule has 0 atom stereocenters. The summed E-state index contributed by atoms with van der Waals surface area (Å²) >= 11 is 0. The standard InChI is InChI=1S/C20H25N3O5S/c1-4-21-29(26,27)16-12-10-15(11-13-16)20(25)23(5-2)14-19(24)22-17-8-6-7-9-18(17)28-3/h6-13,21H,4-5,14H2,1-3H3,(H,22,24). The van der Waals surface area contributed by atoms with Crippen molar-refractivity contribution in [2.24, 2.45) is 0 Å². The number of carbonyl (C=O) groups is 2. The first-order chi connectivity index (χ1) is 13.8. The summed E-state index contributed by atoms with van der Waals surface area (Å²) in [6.45, 7) is 3.89. The smallest absolute Gasteiger partial charge is 0.254 e. The molecule has 0 saturated carbocycles. The highest BCUT2D eigenvalue weighted by Crippen LogP contribution is 2.23. The van der Waals surface area contributed by atoms with Crippen LogP contribution in [0.25, 0.3) is 0 Å². The molecule has 2 aromatic rings. The molecule has 0 aromatic heterocycles. The summed E-state index contributed by atoms with van der Waals surface area (Å²) < 4.78 is 31.6. The first-order valence-corrected chi connectivity index (χ1v) is 10.6. The van der Waals surface area contributed by atoms with E-state index < -0.39 is 10.0 Å². The Morgan fingerprint density at radius 2 is 1.69 bits per heavy atom. The van der Waals surface area contributed by atoms with Crippen LogP contribution in [0.1, 0.15) is 24.2 Å². The number of ether oxygens (including phenoxy) is 1. The van der Waals surface area contributed by atoms with Gasteiger partial charge in [-0.15, -0.1) is 0 Å². The number of hydrogen-bond acceptors (Lipinski definition) is 5. The van der Waals surface area contributed by atoms with E-state index in [1.54, 1.807) is 38.1 Å². The maximum Gasteiger partial charge on any atom is 0.254 e. The van der Waals surface area contributed by atoms with Crippen LogP contribution in [0.3, 0.4) is 0 Å². The van der Waals surface area contributed by atoms with Crippen molar-refractivity contribution in [3.63, 3.8) is 0 Å². The van der Waals surface area contributed by atoms with Gasteiger partial charge in [0.25, 0.3) is 5.91 Å². The predicted molar refractivity (Wildman–Crippen MR) is 111 cm³/mol. The van der Waals surface area contributed by atoms with Gasteiger partial charge in [-0.1, -0.05) is 19.1 Å². The Hall–Kier alpha value is -2.91. The fourth-order valence-corrected chi connectivity index (χ4v) is 3.71. The number of hydrogen-bond donors (Lipinski definition) is 2. The lowest BCUT2D eigenvalue weighted by Crippen LogP contribution is -2.38. The number of benzene rings is 2. The third-order valence-corrected chi connectivity index (χ3v) is 5.69. The molecule has 0 saturated heterocycles. The molecule has 8 nitrogen and oxygen atoms in total. The molecule has 0 bridgehead atoms. The van der Waals surface area contributed by atoms with Crippen molar-refractivity contribution in [3.05, 3.63) is 54.1 Å². The Morgan fingerprint density at radius 3 is 2.28 bits per heavy atom. The zero-order valence-corrected chi connectivity index (χ0v) is 17.5. The maximum absolute atomic E-state index is 12.7. The maximum atomic E-state index is 12.7. The van der Waals surface area contributed by atoms with Gasteiger partial charge < -0.3 is 15.0 Å². The lowest BCUT2D eigenvalue weighted by molar-refractivity contribution is -0.116. The van der Waals surface area contributed by atoms with Crippen LogP contribution in [-0.4, -0.2) is 51.9 Å². The second kappa shape index (κ2) is 10.0. The summed E-state index contributed by atoms with van der Waals surface area (Å²) in [5, 5.41) is 2.73. The minimum atomic E-state index is -3.59. The highest BCUT2D eigenvalue weighted by molar-refractivity contribution is 7.89. The number of nitrogens with one attached hydrogen (secondary N) is 2. The minimum absolute atomic E-state index is 0.0767. The van der Waals surface area contributed by atoms with Gasteiger partial charge in [0.2, 0.25) is 15.9 Å². The van der Waals surface area contributed by atoms with Gasteiger partial charge in [-0.05, 0) is 43.3 Å². The fourth-order valence-electron chi connectivity index (χ4n) is 2.67. The average molecular weight is 420 g/mol. The summed E-state index contributed by atoms with van der Waals surface area (Å²) in [6.07, 6.45) is 0. The third kappa shape index (κ3) is 5.78. The molecule has 156 valence electrons. The summed E-state index contributed by atoms with van der Waals surface area (Å²) in [5.41, 5.74) is 0.814. The summed E-state index contributed by atoms with van der Waals surface area (Å²) in [6, 6.07) is 12.6. The SMILES string of the molecule is CCNS(=O)(=O)c1ccc(C(=O)N(CC)CC(=O)Nc2ccccc2OC)cc1. The second-order valence-electron chi connectivity index (χ2n) is 6.09. The summed E-state index contributed by atoms with van der Waals surface area (Å²) in [5.74, 6) is -0.209. The number of amides is 2. The van der Waals surface area contributed by atoms with E-state index in [2.05, 4.69) is 10.0 Å². The van der Waals surface area contributed by atoms with Crippen molar-refractivity contribution in [1.82, 2.24) is 9.62 Å². The monoisotopic (exact) mass is 419 g/mol. The molecule has 2 rings (SSSR count). The molecule has 0 aliphatic carbocycles. The minimum Gasteiger partial charge on any atom is -0.495 e. The second-order valence-corrected chi connectivity index (χ2v) is 7.86. The molecule has 0 unspecified atom stereocenters. The van der Waals surface area contributed by atoms with Crippen molar-refractivity contribution in [2.75, 3.05) is 32.1 Å². The van der Waals surface area contributed by atoms with E-state index >= 15 is 0 Å². The van der Waals surface area contributed by atoms with Crippen molar-refractivity contribution in [3.8, 4) is 5.75 Å². The largest absolute Gasteiger partial charge is 0.495 e. The van der Waals surface area contributed by atoms with Crippen LogP contribution in [0.15, 0.2) is 53.4 Å². The number of carbonyl (C=O) groups excluding carboxylic acids is 2. The molecule has 2 N–H and O–H groups in total. The van der Waals surface area contributed by atoms with Gasteiger partial charge in [0.1, 0.15) is 12.3 Å². The number of nitrogens with zero attached hydrogens (tertiary/aromatic N) is 1. The van der Waals surface area contributed by atoms with Crippen molar-refractivity contribution in [2.45, 2.75) is 18.7 Å². The van der Waals surface area contributed by atoms with E-state index in [-0.39, 0.29) is 29.8 Å². The van der Waals surface area contributed by atoms with Crippen LogP contribution >= 0.6 is 0 Å². The van der Waals surface area contributed by atoms with Crippen LogP contribution in [-0.2, 0) is 14.8 Å². The number of sulfonamides is 1. The molecule has 0 heterocycles. The topological polar surface area (TPSA) is 105 Å². The number of rotatable bonds is 9. The molecule has 0 aliphatic heterocycles. The predicted octanol–water partition coefficient (Wildman–Crippen LogP) is 2.09. The van der Waals surface area contributed by atoms with Crippen LogP contribution in [0.2, 0.25) is 0 Å². The molecule has 9 heteroatoms. The normalized spacial score (nSPS) is 11.0. The van der Waals surface area contributed by atoms with Crippen molar-refractivity contribution >= 4 is 27.5 Å². The van der Waals surface area contributed by atoms with E-state index in [4.69, 9.17) is 4.74 Å². The fraction of sp³-hybridized carbons (Fsp3) is 0.300. The summed E-state index contributed by atoms with van der Waals surface area (Å²) in [7, 11) is -2.08. The van der Waals surface area contributed by atoms with Gasteiger partial charge in [0.05, 0.1) is 17.7 Å². The Bertz CT molecular complexity index is 958. The van der Waals surface area contributed by atoms with Crippen LogP contribution in [0.4, 0.5) is 5.69 Å². The van der Waals surface area contributed by atoms with Gasteiger partial charge in [-0.2, -0.15) is 0 Å². The highest BCUT2D eigenvalue weighted by Gasteiger charge is 2.19. The Morgan fingerprint density at radius 1 is 1.03 bits per heavy atom. The number of para-hydroxylation sites is 2. The first-order valence-electron chi connectivity index (χ1n) is 9.14. The van der Waals surface area contributed by atoms with Gasteiger partial charge in [-0.3, -0.25) is 9.59 Å². The molecule has 0 aliphatic rings. The lowest BCUT2D eigenvalue weighted by Gasteiger charge is -2.21. The molecule has 29 heavy (non-hydrogen) atoms. The third-order valence-electron chi connectivity index (χ3n) is 4.13. The van der Waals surface area contributed by atoms with Crippen molar-refractivity contribution in [1.29, 1.82) is 0 Å². The molecule has 0 spiro atoms. The Labute approximate surface area is 170 Å². The quantitative estimate of drug-likeness (QED) is 0.648. The van der Waals surface area contributed by atoms with Gasteiger partial charge in [0, 0.05) is 18.7 Å². The Kier molecular flexibility index (Phi) is 7.74. The lowest BCUT2D eigenvalue weighted by atomic mass is 10.2. The molecule has 2 aromatic carbocycles. The highest BCUT2D eigenvalue weighted by atomic mass is 32.2. The number of anilines is 1. The Balaban J connectivity index is 2.09. The zero-order valence-electron chi connectivity index (χ0n) is 16.6. The van der Waals surface area contributed by atoms with Gasteiger partial charge in [-0.25, -0.2) is 13.1 Å². The number of likely N-dealkylation sites (N-methyl/N-ethyl adjacent to an activating group) is 1. The molecular formula is C20H25N3O5S. The van der Waals surface area contributed by atoms with Crippen LogP contribution in [0.5, 0.6) is 5.75 Å². The first kappa shape index (κ1) is 22.4. The van der Waals surface area contributed by atoms with E-state index in [1.807, 2.05) is 0 Å².